The number of hydrogen-bond donors (Lipinski definition) is 1. The van der Waals surface area contributed by atoms with Gasteiger partial charge in [-0.25, -0.2) is 0 Å². The Labute approximate surface area is 110 Å². The fraction of sp³-hybridized carbons (Fsp3) is 0.385. The van der Waals surface area contributed by atoms with Crippen molar-refractivity contribution in [1.29, 1.82) is 0 Å². The third-order valence-corrected chi connectivity index (χ3v) is 2.93. The molecular formula is C13H15N2O4+. The molecule has 0 radical (unpaired) electrons. The number of amides is 1. The molecule has 1 aliphatic rings. The molecule has 1 amide bonds. The molecule has 1 atom stereocenters. The molecule has 1 heterocycles. The van der Waals surface area contributed by atoms with E-state index < -0.39 is 11.9 Å². The van der Waals surface area contributed by atoms with Gasteiger partial charge in [-0.2, -0.15) is 5.06 Å². The third-order valence-electron chi connectivity index (χ3n) is 2.93. The lowest BCUT2D eigenvalue weighted by atomic mass is 9.99. The average molecular weight is 263 g/mol. The first-order chi connectivity index (χ1) is 9.17. The molecule has 0 bridgehead atoms. The molecule has 0 unspecified atom stereocenters. The fourth-order valence-electron chi connectivity index (χ4n) is 1.92. The number of methoxy groups -OCH3 is 1. The molecule has 0 fully saturated rings. The van der Waals surface area contributed by atoms with Gasteiger partial charge in [-0.3, -0.25) is 10.0 Å². The average Bonchev–Trinajstić information content (AvgIpc) is 2.43. The molecule has 6 heteroatoms. The van der Waals surface area contributed by atoms with Gasteiger partial charge in [0.1, 0.15) is 12.4 Å². The van der Waals surface area contributed by atoms with Gasteiger partial charge in [0.2, 0.25) is 0 Å². The van der Waals surface area contributed by atoms with Crippen LogP contribution in [0, 0.1) is 6.57 Å². The number of carbonyl (C=O) groups is 1. The van der Waals surface area contributed by atoms with Crippen molar-refractivity contribution in [3.05, 3.63) is 28.6 Å². The van der Waals surface area contributed by atoms with Crippen LogP contribution in [0.4, 0.5) is 5.69 Å². The van der Waals surface area contributed by atoms with E-state index in [9.17, 15) is 10.0 Å². The van der Waals surface area contributed by atoms with Gasteiger partial charge in [0, 0.05) is 13.2 Å². The van der Waals surface area contributed by atoms with Crippen LogP contribution in [0.2, 0.25) is 0 Å². The first-order valence-corrected chi connectivity index (χ1v) is 5.85. The molecule has 0 aromatic heterocycles. The van der Waals surface area contributed by atoms with Gasteiger partial charge in [-0.05, 0) is 11.6 Å². The van der Waals surface area contributed by atoms with Gasteiger partial charge in [0.05, 0.1) is 18.7 Å². The Kier molecular flexibility index (Phi) is 4.00. The zero-order chi connectivity index (χ0) is 13.8. The first kappa shape index (κ1) is 13.3. The van der Waals surface area contributed by atoms with Crippen LogP contribution in [0.5, 0.6) is 5.75 Å². The molecule has 0 aliphatic carbocycles. The quantitative estimate of drug-likeness (QED) is 0.657. The minimum absolute atomic E-state index is 0.375. The lowest BCUT2D eigenvalue weighted by Crippen LogP contribution is -2.40. The van der Waals surface area contributed by atoms with Crippen molar-refractivity contribution in [2.75, 3.05) is 25.4 Å². The Morgan fingerprint density at radius 1 is 1.53 bits per heavy atom. The molecule has 1 aliphatic heterocycles. The van der Waals surface area contributed by atoms with Crippen molar-refractivity contribution in [2.45, 2.75) is 12.5 Å². The molecular weight excluding hydrogens is 248 g/mol. The lowest BCUT2D eigenvalue weighted by Gasteiger charge is -2.23. The van der Waals surface area contributed by atoms with Crippen molar-refractivity contribution >= 4 is 11.6 Å². The zero-order valence-corrected chi connectivity index (χ0v) is 10.6. The number of benzene rings is 1. The Hall–Kier alpha value is -2.10. The third kappa shape index (κ3) is 2.67. The van der Waals surface area contributed by atoms with Gasteiger partial charge in [-0.15, -0.1) is 0 Å². The summed E-state index contributed by atoms with van der Waals surface area (Å²) >= 11 is 0. The highest BCUT2D eigenvalue weighted by molar-refractivity contribution is 5.99. The normalized spacial score (nSPS) is 17.8. The Balaban J connectivity index is 2.21. The van der Waals surface area contributed by atoms with Crippen molar-refractivity contribution in [3.8, 4) is 12.3 Å². The summed E-state index contributed by atoms with van der Waals surface area (Å²) in [4.78, 5) is 15.2. The van der Waals surface area contributed by atoms with Crippen LogP contribution in [-0.4, -0.2) is 37.5 Å². The molecule has 1 aromatic carbocycles. The highest BCUT2D eigenvalue weighted by atomic mass is 16.5. The Bertz CT molecular complexity index is 524. The molecule has 6 nitrogen and oxygen atoms in total. The van der Waals surface area contributed by atoms with Crippen molar-refractivity contribution in [1.82, 2.24) is 0 Å². The molecule has 0 saturated heterocycles. The topological polar surface area (TPSA) is 63.4 Å². The summed E-state index contributed by atoms with van der Waals surface area (Å²) in [6, 6.07) is 4.42. The van der Waals surface area contributed by atoms with Crippen molar-refractivity contribution in [3.63, 3.8) is 0 Å². The monoisotopic (exact) mass is 263 g/mol. The highest BCUT2D eigenvalue weighted by Gasteiger charge is 2.39. The van der Waals surface area contributed by atoms with E-state index in [0.29, 0.717) is 36.1 Å². The number of hydroxylamine groups is 1. The zero-order valence-electron chi connectivity index (χ0n) is 10.6. The number of rotatable bonds is 4. The predicted octanol–water partition coefficient (Wildman–Crippen LogP) is 1.32. The molecule has 2 rings (SSSR count). The molecule has 0 saturated carbocycles. The second-order valence-electron chi connectivity index (χ2n) is 4.15. The van der Waals surface area contributed by atoms with Gasteiger partial charge in [-0.1, -0.05) is 10.9 Å². The number of fused-ring (bicyclic) bond motifs is 1. The predicted molar refractivity (Wildman–Crippen MR) is 68.9 cm³/mol. The summed E-state index contributed by atoms with van der Waals surface area (Å²) in [5.41, 5.74) is 1.19. The number of anilines is 1. The van der Waals surface area contributed by atoms with Crippen LogP contribution in [0.1, 0.15) is 5.56 Å². The van der Waals surface area contributed by atoms with Crippen molar-refractivity contribution < 1.29 is 19.5 Å². The van der Waals surface area contributed by atoms with Crippen LogP contribution >= 0.6 is 0 Å². The molecule has 0 spiro atoms. The van der Waals surface area contributed by atoms with Crippen LogP contribution < -0.4 is 9.80 Å². The highest BCUT2D eigenvalue weighted by Crippen LogP contribution is 2.31. The van der Waals surface area contributed by atoms with Crippen LogP contribution in [0.25, 0.3) is 4.85 Å². The maximum absolute atomic E-state index is 11.7. The second kappa shape index (κ2) is 5.69. The lowest BCUT2D eigenvalue weighted by molar-refractivity contribution is -0.124. The summed E-state index contributed by atoms with van der Waals surface area (Å²) in [5, 5.41) is 10.4. The standard InChI is InChI=1S/C13H15N2O4/c1-14-11-7-9-3-4-10(19-6-5-18-2)8-12(9)15(17)13(11)16/h1,3-4,8,11,17H,5-7H2,2H3/q+1/t11-/m1/s1. The van der Waals surface area contributed by atoms with E-state index in [4.69, 9.17) is 16.0 Å². The maximum atomic E-state index is 11.7. The number of carbonyl (C=O) groups excluding carboxylic acids is 1. The van der Waals surface area contributed by atoms with Gasteiger partial charge >= 0.3 is 11.9 Å². The van der Waals surface area contributed by atoms with E-state index in [2.05, 4.69) is 4.85 Å². The van der Waals surface area contributed by atoms with Gasteiger partial charge in [0.15, 0.2) is 0 Å². The van der Waals surface area contributed by atoms with Gasteiger partial charge in [0.25, 0.3) is 6.57 Å². The number of hydrogen-bond acceptors (Lipinski definition) is 4. The summed E-state index contributed by atoms with van der Waals surface area (Å²) in [7, 11) is 1.58. The minimum atomic E-state index is -0.738. The van der Waals surface area contributed by atoms with Crippen molar-refractivity contribution in [2.24, 2.45) is 0 Å². The van der Waals surface area contributed by atoms with E-state index in [1.807, 2.05) is 0 Å². The van der Waals surface area contributed by atoms with Crippen LogP contribution in [-0.2, 0) is 16.0 Å². The molecule has 1 aromatic rings. The summed E-state index contributed by atoms with van der Waals surface area (Å²) in [6.45, 7) is 6.02. The smallest absolute Gasteiger partial charge is 0.355 e. The summed E-state index contributed by atoms with van der Waals surface area (Å²) in [6.07, 6.45) is 0.375. The van der Waals surface area contributed by atoms with E-state index in [1.165, 1.54) is 0 Å². The van der Waals surface area contributed by atoms with E-state index in [1.54, 1.807) is 25.3 Å². The maximum Gasteiger partial charge on any atom is 0.355 e. The van der Waals surface area contributed by atoms with Gasteiger partial charge < -0.3 is 9.47 Å². The summed E-state index contributed by atoms with van der Waals surface area (Å²) < 4.78 is 10.3. The molecule has 19 heavy (non-hydrogen) atoms. The fourth-order valence-corrected chi connectivity index (χ4v) is 1.92. The van der Waals surface area contributed by atoms with Crippen LogP contribution in [0.15, 0.2) is 18.2 Å². The van der Waals surface area contributed by atoms with E-state index in [-0.39, 0.29) is 0 Å². The Morgan fingerprint density at radius 2 is 2.32 bits per heavy atom. The minimum Gasteiger partial charge on any atom is -0.491 e. The number of ether oxygens (including phenoxy) is 2. The summed E-state index contributed by atoms with van der Waals surface area (Å²) in [5.74, 6) is 0.0230. The SMILES string of the molecule is C#[N+][C@@H]1Cc2ccc(OCCOC)cc2N(O)C1=O. The van der Waals surface area contributed by atoms with E-state index in [0.717, 1.165) is 5.56 Å². The van der Waals surface area contributed by atoms with Crippen LogP contribution in [0.3, 0.4) is 0 Å². The Morgan fingerprint density at radius 3 is 3.00 bits per heavy atom. The molecule has 100 valence electrons. The second-order valence-corrected chi connectivity index (χ2v) is 4.15. The molecule has 1 N–H and O–H groups in total. The number of nitrogens with zero attached hydrogens (tertiary/aromatic N) is 2. The first-order valence-electron chi connectivity index (χ1n) is 5.85. The van der Waals surface area contributed by atoms with E-state index >= 15 is 0 Å². The largest absolute Gasteiger partial charge is 0.491 e.